The first-order chi connectivity index (χ1) is 11.5. The second-order valence-corrected chi connectivity index (χ2v) is 7.45. The largest absolute Gasteiger partial charge is 0.391 e. The van der Waals surface area contributed by atoms with Crippen molar-refractivity contribution >= 4 is 29.7 Å². The minimum atomic E-state index is -0.390. The maximum absolute atomic E-state index is 12.5. The highest BCUT2D eigenvalue weighted by atomic mass is 35.5. The quantitative estimate of drug-likeness (QED) is 0.760. The second kappa shape index (κ2) is 8.27. The molecule has 1 fully saturated rings. The van der Waals surface area contributed by atoms with Gasteiger partial charge >= 0.3 is 0 Å². The zero-order valence-corrected chi connectivity index (χ0v) is 16.3. The third-order valence-electron chi connectivity index (χ3n) is 4.44. The number of aryl methyl sites for hydroxylation is 3. The number of nitrogens with one attached hydrogen (secondary N) is 2. The zero-order valence-electron chi connectivity index (χ0n) is 14.6. The minimum absolute atomic E-state index is 0. The number of rotatable bonds is 4. The lowest BCUT2D eigenvalue weighted by atomic mass is 10.1. The van der Waals surface area contributed by atoms with E-state index >= 15 is 0 Å². The summed E-state index contributed by atoms with van der Waals surface area (Å²) in [7, 11) is 0. The number of carbonyl (C=O) groups is 1. The molecule has 0 aliphatic carbocycles. The van der Waals surface area contributed by atoms with Crippen LogP contribution in [0.15, 0.2) is 18.2 Å². The van der Waals surface area contributed by atoms with Crippen LogP contribution in [0.5, 0.6) is 0 Å². The number of benzene rings is 1. The van der Waals surface area contributed by atoms with Crippen LogP contribution >= 0.6 is 23.7 Å². The molecular formula is C18H24ClN3O2S. The molecule has 5 nitrogen and oxygen atoms in total. The van der Waals surface area contributed by atoms with Crippen LogP contribution in [0.3, 0.4) is 0 Å². The van der Waals surface area contributed by atoms with Gasteiger partial charge < -0.3 is 15.7 Å². The Morgan fingerprint density at radius 2 is 2.12 bits per heavy atom. The Kier molecular flexibility index (Phi) is 6.57. The van der Waals surface area contributed by atoms with E-state index in [1.807, 2.05) is 6.92 Å². The lowest BCUT2D eigenvalue weighted by molar-refractivity contribution is 0.0930. The van der Waals surface area contributed by atoms with Crippen LogP contribution in [0.4, 0.5) is 0 Å². The lowest BCUT2D eigenvalue weighted by Crippen LogP contribution is -2.34. The molecule has 1 amide bonds. The van der Waals surface area contributed by atoms with Crippen LogP contribution < -0.4 is 10.6 Å². The summed E-state index contributed by atoms with van der Waals surface area (Å²) in [6.45, 7) is 7.80. The van der Waals surface area contributed by atoms with Crippen molar-refractivity contribution in [2.75, 3.05) is 19.6 Å². The molecule has 0 radical (unpaired) electrons. The number of carbonyl (C=O) groups excluding carboxylic acids is 1. The standard InChI is InChI=1S/C18H23N3O2S.ClH/c1-10-4-5-14(11(2)6-10)18-21-12(3)16(24-18)17(23)20-8-13-7-19-9-15(13)22;/h4-6,13,15,19,22H,7-9H2,1-3H3,(H,20,23);1H. The first-order valence-electron chi connectivity index (χ1n) is 8.17. The molecule has 2 aromatic rings. The average Bonchev–Trinajstić information content (AvgIpc) is 3.11. The molecule has 1 aliphatic rings. The van der Waals surface area contributed by atoms with Crippen molar-refractivity contribution in [3.63, 3.8) is 0 Å². The molecule has 7 heteroatoms. The van der Waals surface area contributed by atoms with Gasteiger partial charge in [0.2, 0.25) is 0 Å². The van der Waals surface area contributed by atoms with Crippen molar-refractivity contribution in [1.29, 1.82) is 0 Å². The summed E-state index contributed by atoms with van der Waals surface area (Å²) in [5.74, 6) is -0.0406. The zero-order chi connectivity index (χ0) is 17.3. The van der Waals surface area contributed by atoms with E-state index in [2.05, 4.69) is 47.7 Å². The number of aromatic nitrogens is 1. The van der Waals surface area contributed by atoms with Gasteiger partial charge in [0, 0.05) is 31.1 Å². The molecule has 2 atom stereocenters. The minimum Gasteiger partial charge on any atom is -0.391 e. The molecule has 1 saturated heterocycles. The Morgan fingerprint density at radius 3 is 2.76 bits per heavy atom. The third kappa shape index (κ3) is 4.39. The first kappa shape index (κ1) is 19.8. The number of halogens is 1. The summed E-state index contributed by atoms with van der Waals surface area (Å²) < 4.78 is 0. The van der Waals surface area contributed by atoms with Gasteiger partial charge in [0.1, 0.15) is 9.88 Å². The van der Waals surface area contributed by atoms with E-state index in [-0.39, 0.29) is 24.2 Å². The Labute approximate surface area is 158 Å². The third-order valence-corrected chi connectivity index (χ3v) is 5.63. The van der Waals surface area contributed by atoms with Crippen molar-refractivity contribution in [3.8, 4) is 10.6 Å². The van der Waals surface area contributed by atoms with Gasteiger partial charge in [-0.1, -0.05) is 23.8 Å². The molecule has 2 unspecified atom stereocenters. The van der Waals surface area contributed by atoms with Crippen LogP contribution in [0.2, 0.25) is 0 Å². The predicted molar refractivity (Wildman–Crippen MR) is 104 cm³/mol. The number of hydrogen-bond donors (Lipinski definition) is 3. The van der Waals surface area contributed by atoms with Crippen molar-refractivity contribution in [2.45, 2.75) is 26.9 Å². The fourth-order valence-corrected chi connectivity index (χ4v) is 4.08. The molecule has 3 rings (SSSR count). The maximum Gasteiger partial charge on any atom is 0.263 e. The van der Waals surface area contributed by atoms with Crippen LogP contribution in [-0.2, 0) is 0 Å². The van der Waals surface area contributed by atoms with E-state index in [4.69, 9.17) is 0 Å². The predicted octanol–water partition coefficient (Wildman–Crippen LogP) is 2.47. The number of hydrogen-bond acceptors (Lipinski definition) is 5. The monoisotopic (exact) mass is 381 g/mol. The highest BCUT2D eigenvalue weighted by molar-refractivity contribution is 7.17. The van der Waals surface area contributed by atoms with E-state index < -0.39 is 6.10 Å². The molecule has 0 saturated carbocycles. The van der Waals surface area contributed by atoms with E-state index in [0.717, 1.165) is 28.4 Å². The Bertz CT molecular complexity index is 763. The number of β-amino-alcohol motifs (C(OH)–C–C–N with tert-alkyl or cyclic N) is 1. The van der Waals surface area contributed by atoms with Crippen LogP contribution in [0.25, 0.3) is 10.6 Å². The fourth-order valence-electron chi connectivity index (χ4n) is 3.01. The van der Waals surface area contributed by atoms with Gasteiger partial charge in [-0.3, -0.25) is 4.79 Å². The normalized spacial score (nSPS) is 19.5. The molecule has 2 heterocycles. The van der Waals surface area contributed by atoms with Gasteiger partial charge in [-0.2, -0.15) is 0 Å². The number of amides is 1. The van der Waals surface area contributed by atoms with Gasteiger partial charge in [-0.25, -0.2) is 4.98 Å². The molecule has 136 valence electrons. The van der Waals surface area contributed by atoms with Crippen LogP contribution in [0, 0.1) is 26.7 Å². The van der Waals surface area contributed by atoms with Gasteiger partial charge in [0.05, 0.1) is 11.8 Å². The molecule has 1 aromatic heterocycles. The molecular weight excluding hydrogens is 358 g/mol. The van der Waals surface area contributed by atoms with E-state index in [1.165, 1.54) is 16.9 Å². The molecule has 0 bridgehead atoms. The van der Waals surface area contributed by atoms with E-state index in [0.29, 0.717) is 18.0 Å². The highest BCUT2D eigenvalue weighted by Gasteiger charge is 2.26. The Balaban J connectivity index is 0.00000225. The summed E-state index contributed by atoms with van der Waals surface area (Å²) in [6, 6.07) is 6.25. The summed E-state index contributed by atoms with van der Waals surface area (Å²) in [5.41, 5.74) is 4.20. The van der Waals surface area contributed by atoms with Gasteiger partial charge in [0.15, 0.2) is 0 Å². The maximum atomic E-state index is 12.5. The average molecular weight is 382 g/mol. The molecule has 25 heavy (non-hydrogen) atoms. The summed E-state index contributed by atoms with van der Waals surface area (Å²) >= 11 is 1.42. The van der Waals surface area contributed by atoms with E-state index in [1.54, 1.807) is 0 Å². The van der Waals surface area contributed by atoms with Gasteiger partial charge in [-0.05, 0) is 26.3 Å². The van der Waals surface area contributed by atoms with Crippen molar-refractivity contribution in [1.82, 2.24) is 15.6 Å². The Morgan fingerprint density at radius 1 is 1.36 bits per heavy atom. The number of aliphatic hydroxyl groups excluding tert-OH is 1. The second-order valence-electron chi connectivity index (χ2n) is 6.45. The highest BCUT2D eigenvalue weighted by Crippen LogP contribution is 2.30. The smallest absolute Gasteiger partial charge is 0.263 e. The summed E-state index contributed by atoms with van der Waals surface area (Å²) in [4.78, 5) is 17.7. The van der Waals surface area contributed by atoms with Crippen molar-refractivity contribution < 1.29 is 9.90 Å². The van der Waals surface area contributed by atoms with Crippen LogP contribution in [0.1, 0.15) is 26.5 Å². The molecule has 1 aliphatic heterocycles. The van der Waals surface area contributed by atoms with Crippen molar-refractivity contribution in [2.24, 2.45) is 5.92 Å². The topological polar surface area (TPSA) is 74.2 Å². The van der Waals surface area contributed by atoms with Gasteiger partial charge in [0.25, 0.3) is 5.91 Å². The summed E-state index contributed by atoms with van der Waals surface area (Å²) in [6.07, 6.45) is -0.390. The lowest BCUT2D eigenvalue weighted by Gasteiger charge is -2.13. The number of thiazole rings is 1. The molecule has 0 spiro atoms. The van der Waals surface area contributed by atoms with Crippen molar-refractivity contribution in [3.05, 3.63) is 39.9 Å². The number of aliphatic hydroxyl groups is 1. The van der Waals surface area contributed by atoms with E-state index in [9.17, 15) is 9.90 Å². The van der Waals surface area contributed by atoms with Gasteiger partial charge in [-0.15, -0.1) is 23.7 Å². The summed E-state index contributed by atoms with van der Waals surface area (Å²) in [5, 5.41) is 16.7. The fraction of sp³-hybridized carbons (Fsp3) is 0.444. The first-order valence-corrected chi connectivity index (χ1v) is 8.99. The van der Waals surface area contributed by atoms with Crippen LogP contribution in [-0.4, -0.2) is 41.7 Å². The molecule has 1 aromatic carbocycles. The number of nitrogens with zero attached hydrogens (tertiary/aromatic N) is 1. The molecule has 3 N–H and O–H groups in total. The SMILES string of the molecule is Cc1ccc(-c2nc(C)c(C(=O)NCC3CNCC3O)s2)c(C)c1.Cl. The Hall–Kier alpha value is -1.47.